The van der Waals surface area contributed by atoms with Gasteiger partial charge in [0.2, 0.25) is 0 Å². The quantitative estimate of drug-likeness (QED) is 0.541. The minimum Gasteiger partial charge on any atom is -0.466 e. The summed E-state index contributed by atoms with van der Waals surface area (Å²) in [4.78, 5) is 36.0. The highest BCUT2D eigenvalue weighted by Crippen LogP contribution is 2.19. The first-order valence-corrected chi connectivity index (χ1v) is 9.65. The number of hydrogen-bond acceptors (Lipinski definition) is 5. The highest BCUT2D eigenvalue weighted by atomic mass is 16.6. The summed E-state index contributed by atoms with van der Waals surface area (Å²) >= 11 is 0. The molecule has 0 spiro atoms. The third kappa shape index (κ3) is 7.54. The molecule has 6 heteroatoms. The Morgan fingerprint density at radius 1 is 1.03 bits per heavy atom. The number of methoxy groups -OCH3 is 1. The molecule has 6 nitrogen and oxygen atoms in total. The number of rotatable bonds is 7. The lowest BCUT2D eigenvalue weighted by Gasteiger charge is -2.19. The monoisotopic (exact) mass is 409 g/mol. The molecule has 0 saturated carbocycles. The minimum absolute atomic E-state index is 0.240. The van der Waals surface area contributed by atoms with Crippen LogP contribution in [-0.2, 0) is 25.5 Å². The Morgan fingerprint density at radius 2 is 1.77 bits per heavy atom. The van der Waals surface area contributed by atoms with Crippen LogP contribution < -0.4 is 5.32 Å². The van der Waals surface area contributed by atoms with Crippen molar-refractivity contribution >= 4 is 29.6 Å². The fourth-order valence-electron chi connectivity index (χ4n) is 2.68. The average molecular weight is 409 g/mol. The lowest BCUT2D eigenvalue weighted by atomic mass is 10.1. The van der Waals surface area contributed by atoms with Crippen molar-refractivity contribution in [1.82, 2.24) is 0 Å². The molecule has 2 rings (SSSR count). The number of anilines is 1. The number of nitrogens with one attached hydrogen (secondary N) is 1. The maximum atomic E-state index is 12.7. The standard InChI is InChI=1S/C24H27NO5/c1-24(2,3)30-22(27)14-12-17-8-7-10-19(16-17)23(28)25-20-11-6-5-9-18(20)13-15-21(26)29-4/h5-11,13,15-16H,12,14H2,1-4H3,(H,25,28). The van der Waals surface area contributed by atoms with Gasteiger partial charge in [-0.3, -0.25) is 9.59 Å². The Kier molecular flexibility index (Phi) is 7.92. The number of carbonyl (C=O) groups excluding carboxylic acids is 3. The normalized spacial score (nSPS) is 11.2. The second-order valence-corrected chi connectivity index (χ2v) is 7.68. The van der Waals surface area contributed by atoms with Gasteiger partial charge in [0.25, 0.3) is 5.91 Å². The van der Waals surface area contributed by atoms with Crippen molar-refractivity contribution in [3.05, 3.63) is 71.3 Å². The summed E-state index contributed by atoms with van der Waals surface area (Å²) in [5.41, 5.74) is 2.07. The molecular weight excluding hydrogens is 382 g/mol. The molecule has 158 valence electrons. The van der Waals surface area contributed by atoms with Gasteiger partial charge in [-0.2, -0.15) is 0 Å². The van der Waals surface area contributed by atoms with Crippen molar-refractivity contribution in [3.63, 3.8) is 0 Å². The number of para-hydroxylation sites is 1. The summed E-state index contributed by atoms with van der Waals surface area (Å²) in [5, 5.41) is 2.86. The second kappa shape index (κ2) is 10.4. The van der Waals surface area contributed by atoms with E-state index >= 15 is 0 Å². The summed E-state index contributed by atoms with van der Waals surface area (Å²) in [6.45, 7) is 5.48. The predicted molar refractivity (Wildman–Crippen MR) is 116 cm³/mol. The fraction of sp³-hybridized carbons (Fsp3) is 0.292. The van der Waals surface area contributed by atoms with E-state index in [0.29, 0.717) is 23.2 Å². The zero-order valence-corrected chi connectivity index (χ0v) is 17.7. The molecule has 2 aromatic rings. The van der Waals surface area contributed by atoms with Gasteiger partial charge in [-0.15, -0.1) is 0 Å². The number of ether oxygens (including phenoxy) is 2. The van der Waals surface area contributed by atoms with Crippen molar-refractivity contribution in [2.24, 2.45) is 0 Å². The van der Waals surface area contributed by atoms with Gasteiger partial charge in [0, 0.05) is 23.7 Å². The van der Waals surface area contributed by atoms with Crippen LogP contribution in [0.2, 0.25) is 0 Å². The van der Waals surface area contributed by atoms with Crippen LogP contribution in [0.5, 0.6) is 0 Å². The minimum atomic E-state index is -0.519. The van der Waals surface area contributed by atoms with Crippen molar-refractivity contribution in [2.75, 3.05) is 12.4 Å². The molecule has 1 amide bonds. The smallest absolute Gasteiger partial charge is 0.330 e. The molecule has 1 N–H and O–H groups in total. The lowest BCUT2D eigenvalue weighted by Crippen LogP contribution is -2.24. The molecule has 0 aromatic heterocycles. The van der Waals surface area contributed by atoms with E-state index < -0.39 is 11.6 Å². The maximum absolute atomic E-state index is 12.7. The number of esters is 2. The molecule has 0 radical (unpaired) electrons. The van der Waals surface area contributed by atoms with Crippen LogP contribution in [0, 0.1) is 0 Å². The first-order chi connectivity index (χ1) is 14.2. The number of amides is 1. The van der Waals surface area contributed by atoms with Gasteiger partial charge < -0.3 is 14.8 Å². The molecule has 0 aliphatic carbocycles. The van der Waals surface area contributed by atoms with Crippen LogP contribution in [-0.4, -0.2) is 30.6 Å². The predicted octanol–water partition coefficient (Wildman–Crippen LogP) is 4.40. The first-order valence-electron chi connectivity index (χ1n) is 9.65. The highest BCUT2D eigenvalue weighted by molar-refractivity contribution is 6.05. The molecule has 0 aliphatic rings. The molecule has 0 atom stereocenters. The molecule has 0 bridgehead atoms. The molecule has 0 saturated heterocycles. The average Bonchev–Trinajstić information content (AvgIpc) is 2.70. The Hall–Kier alpha value is -3.41. The summed E-state index contributed by atoms with van der Waals surface area (Å²) in [6, 6.07) is 14.3. The third-order valence-corrected chi connectivity index (χ3v) is 4.04. The molecule has 0 aliphatic heterocycles. The van der Waals surface area contributed by atoms with Gasteiger partial charge in [-0.05, 0) is 62.6 Å². The van der Waals surface area contributed by atoms with E-state index in [1.807, 2.05) is 32.9 Å². The SMILES string of the molecule is COC(=O)C=Cc1ccccc1NC(=O)c1cccc(CCC(=O)OC(C)(C)C)c1. The number of hydrogen-bond donors (Lipinski definition) is 1. The van der Waals surface area contributed by atoms with Gasteiger partial charge in [0.05, 0.1) is 7.11 Å². The van der Waals surface area contributed by atoms with E-state index in [0.717, 1.165) is 5.56 Å². The Balaban J connectivity index is 2.07. The largest absolute Gasteiger partial charge is 0.466 e. The van der Waals surface area contributed by atoms with E-state index in [2.05, 4.69) is 10.1 Å². The second-order valence-electron chi connectivity index (χ2n) is 7.68. The Morgan fingerprint density at radius 3 is 2.47 bits per heavy atom. The summed E-state index contributed by atoms with van der Waals surface area (Å²) < 4.78 is 9.92. The van der Waals surface area contributed by atoms with E-state index in [9.17, 15) is 14.4 Å². The van der Waals surface area contributed by atoms with Crippen molar-refractivity contribution in [1.29, 1.82) is 0 Å². The van der Waals surface area contributed by atoms with Crippen LogP contribution in [0.25, 0.3) is 6.08 Å². The summed E-state index contributed by atoms with van der Waals surface area (Å²) in [6.07, 6.45) is 3.60. The van der Waals surface area contributed by atoms with Crippen LogP contribution in [0.4, 0.5) is 5.69 Å². The topological polar surface area (TPSA) is 81.7 Å². The van der Waals surface area contributed by atoms with Gasteiger partial charge in [0.1, 0.15) is 5.60 Å². The van der Waals surface area contributed by atoms with Gasteiger partial charge in [0.15, 0.2) is 0 Å². The van der Waals surface area contributed by atoms with Crippen molar-refractivity contribution in [3.8, 4) is 0 Å². The van der Waals surface area contributed by atoms with Crippen molar-refractivity contribution < 1.29 is 23.9 Å². The zero-order valence-electron chi connectivity index (χ0n) is 17.7. The van der Waals surface area contributed by atoms with Crippen LogP contribution in [0.1, 0.15) is 48.7 Å². The zero-order chi connectivity index (χ0) is 22.1. The Labute approximate surface area is 176 Å². The lowest BCUT2D eigenvalue weighted by molar-refractivity contribution is -0.154. The molecule has 0 heterocycles. The van der Waals surface area contributed by atoms with Gasteiger partial charge in [-0.1, -0.05) is 30.3 Å². The molecule has 0 unspecified atom stereocenters. The van der Waals surface area contributed by atoms with E-state index in [-0.39, 0.29) is 18.3 Å². The first kappa shape index (κ1) is 22.9. The van der Waals surface area contributed by atoms with Crippen molar-refractivity contribution in [2.45, 2.75) is 39.2 Å². The summed E-state index contributed by atoms with van der Waals surface area (Å²) in [7, 11) is 1.30. The number of aryl methyl sites for hydroxylation is 1. The van der Waals surface area contributed by atoms with Crippen LogP contribution >= 0.6 is 0 Å². The van der Waals surface area contributed by atoms with Crippen LogP contribution in [0.3, 0.4) is 0 Å². The number of carbonyl (C=O) groups is 3. The summed E-state index contributed by atoms with van der Waals surface area (Å²) in [5.74, 6) is -1.04. The van der Waals surface area contributed by atoms with Gasteiger partial charge >= 0.3 is 11.9 Å². The number of benzene rings is 2. The molecule has 0 fully saturated rings. The molecular formula is C24H27NO5. The van der Waals surface area contributed by atoms with E-state index in [4.69, 9.17) is 4.74 Å². The third-order valence-electron chi connectivity index (χ3n) is 4.04. The Bertz CT molecular complexity index is 941. The molecule has 2 aromatic carbocycles. The fourth-order valence-corrected chi connectivity index (χ4v) is 2.68. The highest BCUT2D eigenvalue weighted by Gasteiger charge is 2.16. The van der Waals surface area contributed by atoms with E-state index in [1.165, 1.54) is 13.2 Å². The van der Waals surface area contributed by atoms with Gasteiger partial charge in [-0.25, -0.2) is 4.79 Å². The van der Waals surface area contributed by atoms with E-state index in [1.54, 1.807) is 42.5 Å². The maximum Gasteiger partial charge on any atom is 0.330 e. The molecule has 30 heavy (non-hydrogen) atoms. The van der Waals surface area contributed by atoms with Crippen LogP contribution in [0.15, 0.2) is 54.6 Å².